The molecule has 0 unspecified atom stereocenters. The molecule has 0 bridgehead atoms. The number of anilines is 1. The van der Waals surface area contributed by atoms with Crippen LogP contribution < -0.4 is 5.32 Å². The smallest absolute Gasteiger partial charge is 0.227 e. The standard InChI is InChI=1S/C10H12N2O/c1-7-5-9(7)10(13)12-8-3-2-4-11-6-8/h2-4,6-7,9H,5H2,1H3,(H,12,13)/t7-,9-/m1/s1. The topological polar surface area (TPSA) is 42.0 Å². The van der Waals surface area contributed by atoms with Crippen LogP contribution in [-0.4, -0.2) is 10.9 Å². The maximum absolute atomic E-state index is 11.4. The molecule has 1 fully saturated rings. The average Bonchev–Trinajstić information content (AvgIpc) is 2.84. The quantitative estimate of drug-likeness (QED) is 0.744. The molecule has 1 saturated carbocycles. The fraction of sp³-hybridized carbons (Fsp3) is 0.400. The predicted molar refractivity (Wildman–Crippen MR) is 50.1 cm³/mol. The van der Waals surface area contributed by atoms with E-state index >= 15 is 0 Å². The van der Waals surface area contributed by atoms with Crippen molar-refractivity contribution >= 4 is 11.6 Å². The molecule has 0 aromatic carbocycles. The maximum atomic E-state index is 11.4. The van der Waals surface area contributed by atoms with Crippen LogP contribution in [0.1, 0.15) is 13.3 Å². The summed E-state index contributed by atoms with van der Waals surface area (Å²) in [5.74, 6) is 0.900. The largest absolute Gasteiger partial charge is 0.324 e. The summed E-state index contributed by atoms with van der Waals surface area (Å²) in [7, 11) is 0. The molecule has 1 aromatic heterocycles. The van der Waals surface area contributed by atoms with E-state index in [2.05, 4.69) is 17.2 Å². The highest BCUT2D eigenvalue weighted by molar-refractivity contribution is 5.94. The molecule has 0 saturated heterocycles. The Labute approximate surface area is 77.2 Å². The predicted octanol–water partition coefficient (Wildman–Crippen LogP) is 1.68. The lowest BCUT2D eigenvalue weighted by molar-refractivity contribution is -0.117. The minimum absolute atomic E-state index is 0.125. The van der Waals surface area contributed by atoms with Crippen molar-refractivity contribution in [2.45, 2.75) is 13.3 Å². The summed E-state index contributed by atoms with van der Waals surface area (Å²) in [6.45, 7) is 2.09. The number of hydrogen-bond acceptors (Lipinski definition) is 2. The second-order valence-electron chi connectivity index (χ2n) is 3.55. The summed E-state index contributed by atoms with van der Waals surface area (Å²) < 4.78 is 0. The van der Waals surface area contributed by atoms with Crippen molar-refractivity contribution in [1.29, 1.82) is 0 Å². The Morgan fingerprint density at radius 1 is 1.69 bits per heavy atom. The van der Waals surface area contributed by atoms with E-state index in [4.69, 9.17) is 0 Å². The summed E-state index contributed by atoms with van der Waals surface area (Å²) in [6, 6.07) is 3.66. The first-order chi connectivity index (χ1) is 6.27. The van der Waals surface area contributed by atoms with Gasteiger partial charge in [0, 0.05) is 12.1 Å². The van der Waals surface area contributed by atoms with Gasteiger partial charge in [-0.3, -0.25) is 9.78 Å². The number of rotatable bonds is 2. The number of nitrogens with one attached hydrogen (secondary N) is 1. The van der Waals surface area contributed by atoms with E-state index in [1.807, 2.05) is 12.1 Å². The molecule has 3 nitrogen and oxygen atoms in total. The van der Waals surface area contributed by atoms with Gasteiger partial charge in [-0.15, -0.1) is 0 Å². The van der Waals surface area contributed by atoms with Gasteiger partial charge in [-0.1, -0.05) is 6.92 Å². The van der Waals surface area contributed by atoms with Crippen molar-refractivity contribution in [1.82, 2.24) is 4.98 Å². The SMILES string of the molecule is C[C@@H]1C[C@H]1C(=O)Nc1cccnc1. The Hall–Kier alpha value is -1.38. The Balaban J connectivity index is 1.95. The van der Waals surface area contributed by atoms with E-state index in [0.29, 0.717) is 5.92 Å². The van der Waals surface area contributed by atoms with E-state index < -0.39 is 0 Å². The van der Waals surface area contributed by atoms with Crippen LogP contribution >= 0.6 is 0 Å². The van der Waals surface area contributed by atoms with Crippen molar-refractivity contribution < 1.29 is 4.79 Å². The zero-order valence-corrected chi connectivity index (χ0v) is 7.53. The first kappa shape index (κ1) is 8.23. The van der Waals surface area contributed by atoms with E-state index in [0.717, 1.165) is 12.1 Å². The van der Waals surface area contributed by atoms with Crippen LogP contribution in [0.25, 0.3) is 0 Å². The first-order valence-corrected chi connectivity index (χ1v) is 4.48. The molecule has 3 heteroatoms. The van der Waals surface area contributed by atoms with Gasteiger partial charge in [0.2, 0.25) is 5.91 Å². The number of nitrogens with zero attached hydrogens (tertiary/aromatic N) is 1. The summed E-state index contributed by atoms with van der Waals surface area (Å²) in [4.78, 5) is 15.4. The van der Waals surface area contributed by atoms with Crippen molar-refractivity contribution in [3.8, 4) is 0 Å². The van der Waals surface area contributed by atoms with Gasteiger partial charge in [0.15, 0.2) is 0 Å². The highest BCUT2D eigenvalue weighted by atomic mass is 16.2. The summed E-state index contributed by atoms with van der Waals surface area (Å²) in [6.07, 6.45) is 4.37. The molecule has 0 radical (unpaired) electrons. The highest BCUT2D eigenvalue weighted by Crippen LogP contribution is 2.38. The molecule has 0 spiro atoms. The summed E-state index contributed by atoms with van der Waals surface area (Å²) >= 11 is 0. The van der Waals surface area contributed by atoms with Crippen LogP contribution in [0.5, 0.6) is 0 Å². The Morgan fingerprint density at radius 3 is 3.00 bits per heavy atom. The Morgan fingerprint density at radius 2 is 2.46 bits per heavy atom. The van der Waals surface area contributed by atoms with Crippen LogP contribution in [0, 0.1) is 11.8 Å². The number of amides is 1. The maximum Gasteiger partial charge on any atom is 0.227 e. The zero-order chi connectivity index (χ0) is 9.26. The Bertz CT molecular complexity index is 310. The third kappa shape index (κ3) is 1.86. The minimum Gasteiger partial charge on any atom is -0.324 e. The van der Waals surface area contributed by atoms with Crippen LogP contribution in [0.3, 0.4) is 0 Å². The third-order valence-corrected chi connectivity index (χ3v) is 2.38. The minimum atomic E-state index is 0.125. The molecule has 13 heavy (non-hydrogen) atoms. The monoisotopic (exact) mass is 176 g/mol. The van der Waals surface area contributed by atoms with Gasteiger partial charge >= 0.3 is 0 Å². The summed E-state index contributed by atoms with van der Waals surface area (Å²) in [5.41, 5.74) is 0.784. The lowest BCUT2D eigenvalue weighted by Gasteiger charge is -2.02. The zero-order valence-electron chi connectivity index (χ0n) is 7.53. The number of pyridine rings is 1. The van der Waals surface area contributed by atoms with Crippen molar-refractivity contribution in [3.05, 3.63) is 24.5 Å². The van der Waals surface area contributed by atoms with Gasteiger partial charge in [0.25, 0.3) is 0 Å². The molecule has 1 aromatic rings. The Kier molecular flexibility index (Phi) is 2.00. The van der Waals surface area contributed by atoms with Crippen LogP contribution in [-0.2, 0) is 4.79 Å². The van der Waals surface area contributed by atoms with Crippen molar-refractivity contribution in [2.24, 2.45) is 11.8 Å². The number of carbonyl (C=O) groups excluding carboxylic acids is 1. The van der Waals surface area contributed by atoms with Gasteiger partial charge in [-0.25, -0.2) is 0 Å². The molecule has 2 rings (SSSR count). The lowest BCUT2D eigenvalue weighted by atomic mass is 10.3. The fourth-order valence-corrected chi connectivity index (χ4v) is 1.36. The van der Waals surface area contributed by atoms with Crippen LogP contribution in [0.2, 0.25) is 0 Å². The number of carbonyl (C=O) groups is 1. The summed E-state index contributed by atoms with van der Waals surface area (Å²) in [5, 5.41) is 2.83. The number of hydrogen-bond donors (Lipinski definition) is 1. The second kappa shape index (κ2) is 3.17. The third-order valence-electron chi connectivity index (χ3n) is 2.38. The van der Waals surface area contributed by atoms with E-state index in [1.165, 1.54) is 0 Å². The van der Waals surface area contributed by atoms with E-state index in [1.54, 1.807) is 12.4 Å². The molecule has 0 aliphatic heterocycles. The number of aromatic nitrogens is 1. The molecule has 1 N–H and O–H groups in total. The van der Waals surface area contributed by atoms with Gasteiger partial charge in [-0.05, 0) is 24.5 Å². The van der Waals surface area contributed by atoms with E-state index in [9.17, 15) is 4.79 Å². The average molecular weight is 176 g/mol. The molecular weight excluding hydrogens is 164 g/mol. The molecule has 1 amide bonds. The van der Waals surface area contributed by atoms with Gasteiger partial charge in [-0.2, -0.15) is 0 Å². The highest BCUT2D eigenvalue weighted by Gasteiger charge is 2.38. The van der Waals surface area contributed by atoms with Gasteiger partial charge < -0.3 is 5.32 Å². The normalized spacial score (nSPS) is 25.3. The second-order valence-corrected chi connectivity index (χ2v) is 3.55. The lowest BCUT2D eigenvalue weighted by Crippen LogP contribution is -2.14. The molecule has 68 valence electrons. The fourth-order valence-electron chi connectivity index (χ4n) is 1.36. The van der Waals surface area contributed by atoms with Crippen LogP contribution in [0.4, 0.5) is 5.69 Å². The molecule has 1 aliphatic rings. The van der Waals surface area contributed by atoms with Gasteiger partial charge in [0.05, 0.1) is 11.9 Å². The molecular formula is C10H12N2O. The van der Waals surface area contributed by atoms with Crippen molar-refractivity contribution in [3.63, 3.8) is 0 Å². The van der Waals surface area contributed by atoms with Crippen LogP contribution in [0.15, 0.2) is 24.5 Å². The molecule has 1 aliphatic carbocycles. The van der Waals surface area contributed by atoms with Gasteiger partial charge in [0.1, 0.15) is 0 Å². The molecule has 1 heterocycles. The molecule has 2 atom stereocenters. The first-order valence-electron chi connectivity index (χ1n) is 4.48. The van der Waals surface area contributed by atoms with Crippen molar-refractivity contribution in [2.75, 3.05) is 5.32 Å². The van der Waals surface area contributed by atoms with E-state index in [-0.39, 0.29) is 11.8 Å².